The largest absolute Gasteiger partial charge is 0.481 e. The quantitative estimate of drug-likeness (QED) is 0.850. The number of benzene rings is 1. The van der Waals surface area contributed by atoms with Gasteiger partial charge in [0.2, 0.25) is 10.0 Å². The molecule has 21 heavy (non-hydrogen) atoms. The molecule has 0 aliphatic carbocycles. The number of aliphatic carboxylic acids is 1. The molecule has 0 fully saturated rings. The van der Waals surface area contributed by atoms with E-state index >= 15 is 0 Å². The SMILES string of the molecule is CC(C)(C)N(CCC(=O)O)S(=O)(=O)c1ccc(Br)cc1F. The van der Waals surface area contributed by atoms with Crippen LogP contribution in [0.15, 0.2) is 27.6 Å². The van der Waals surface area contributed by atoms with Crippen LogP contribution in [0.25, 0.3) is 0 Å². The van der Waals surface area contributed by atoms with Crippen LogP contribution in [-0.4, -0.2) is 35.9 Å². The van der Waals surface area contributed by atoms with Gasteiger partial charge >= 0.3 is 5.97 Å². The number of nitrogens with zero attached hydrogens (tertiary/aromatic N) is 1. The van der Waals surface area contributed by atoms with E-state index in [0.29, 0.717) is 4.47 Å². The van der Waals surface area contributed by atoms with Gasteiger partial charge in [0.1, 0.15) is 10.7 Å². The maximum absolute atomic E-state index is 13.9. The number of carbonyl (C=O) groups is 1. The molecule has 1 aromatic carbocycles. The minimum atomic E-state index is -4.13. The van der Waals surface area contributed by atoms with Gasteiger partial charge in [-0.15, -0.1) is 0 Å². The molecule has 0 heterocycles. The van der Waals surface area contributed by atoms with Crippen molar-refractivity contribution in [3.05, 3.63) is 28.5 Å². The van der Waals surface area contributed by atoms with Gasteiger partial charge in [0, 0.05) is 16.6 Å². The summed E-state index contributed by atoms with van der Waals surface area (Å²) in [6, 6.07) is 3.65. The number of sulfonamides is 1. The second-order valence-corrected chi connectivity index (χ2v) is 8.21. The zero-order chi connectivity index (χ0) is 16.4. The van der Waals surface area contributed by atoms with Crippen molar-refractivity contribution in [3.63, 3.8) is 0 Å². The number of rotatable bonds is 5. The second kappa shape index (κ2) is 6.41. The molecule has 1 N–H and O–H groups in total. The molecule has 0 radical (unpaired) electrons. The van der Waals surface area contributed by atoms with Crippen LogP contribution in [0.1, 0.15) is 27.2 Å². The molecule has 1 aromatic rings. The Bertz CT molecular complexity index is 640. The van der Waals surface area contributed by atoms with Crippen LogP contribution in [-0.2, 0) is 14.8 Å². The standard InChI is InChI=1S/C13H17BrFNO4S/c1-13(2,3)16(7-6-12(17)18)21(19,20)11-5-4-9(14)8-10(11)15/h4-5,8H,6-7H2,1-3H3,(H,17,18). The molecule has 0 saturated heterocycles. The summed E-state index contributed by atoms with van der Waals surface area (Å²) in [4.78, 5) is 10.2. The number of carboxylic acid groups (broad SMARTS) is 1. The first-order valence-electron chi connectivity index (χ1n) is 6.16. The molecule has 118 valence electrons. The summed E-state index contributed by atoms with van der Waals surface area (Å²) in [5.74, 6) is -2.00. The molecule has 0 saturated carbocycles. The fraction of sp³-hybridized carbons (Fsp3) is 0.462. The summed E-state index contributed by atoms with van der Waals surface area (Å²) in [5, 5.41) is 8.75. The zero-order valence-electron chi connectivity index (χ0n) is 11.9. The van der Waals surface area contributed by atoms with Crippen LogP contribution in [0.4, 0.5) is 4.39 Å². The summed E-state index contributed by atoms with van der Waals surface area (Å²) in [6.07, 6.45) is -0.353. The lowest BCUT2D eigenvalue weighted by Gasteiger charge is -2.34. The highest BCUT2D eigenvalue weighted by Crippen LogP contribution is 2.27. The van der Waals surface area contributed by atoms with E-state index in [-0.39, 0.29) is 13.0 Å². The Balaban J connectivity index is 3.30. The zero-order valence-corrected chi connectivity index (χ0v) is 14.3. The Morgan fingerprint density at radius 1 is 1.38 bits per heavy atom. The number of carboxylic acids is 1. The summed E-state index contributed by atoms with van der Waals surface area (Å²) >= 11 is 3.06. The van der Waals surface area contributed by atoms with Crippen LogP contribution in [0.5, 0.6) is 0 Å². The van der Waals surface area contributed by atoms with Gasteiger partial charge in [0.15, 0.2) is 0 Å². The van der Waals surface area contributed by atoms with Gasteiger partial charge in [-0.3, -0.25) is 4.79 Å². The smallest absolute Gasteiger partial charge is 0.304 e. The van der Waals surface area contributed by atoms with E-state index in [9.17, 15) is 17.6 Å². The molecule has 0 atom stereocenters. The predicted octanol–water partition coefficient (Wildman–Crippen LogP) is 2.85. The Kier molecular flexibility index (Phi) is 5.51. The third-order valence-corrected chi connectivity index (χ3v) is 5.43. The summed E-state index contributed by atoms with van der Waals surface area (Å²) in [6.45, 7) is 4.66. The highest BCUT2D eigenvalue weighted by Gasteiger charge is 2.35. The van der Waals surface area contributed by atoms with Crippen molar-refractivity contribution in [2.45, 2.75) is 37.6 Å². The Hall–Kier alpha value is -0.990. The van der Waals surface area contributed by atoms with Crippen LogP contribution in [0, 0.1) is 5.82 Å². The molecule has 0 aliphatic heterocycles. The van der Waals surface area contributed by atoms with E-state index in [1.807, 2.05) is 0 Å². The lowest BCUT2D eigenvalue weighted by atomic mass is 10.1. The molecule has 0 spiro atoms. The Morgan fingerprint density at radius 3 is 2.38 bits per heavy atom. The first-order valence-corrected chi connectivity index (χ1v) is 8.39. The van der Waals surface area contributed by atoms with Gasteiger partial charge in [-0.25, -0.2) is 12.8 Å². The third kappa shape index (κ3) is 4.49. The number of hydrogen-bond donors (Lipinski definition) is 1. The van der Waals surface area contributed by atoms with Crippen molar-refractivity contribution in [3.8, 4) is 0 Å². The van der Waals surface area contributed by atoms with Crippen molar-refractivity contribution in [1.82, 2.24) is 4.31 Å². The van der Waals surface area contributed by atoms with Gasteiger partial charge in [-0.2, -0.15) is 4.31 Å². The second-order valence-electron chi connectivity index (χ2n) is 5.47. The van der Waals surface area contributed by atoms with Gasteiger partial charge in [-0.05, 0) is 39.0 Å². The minimum Gasteiger partial charge on any atom is -0.481 e. The van der Waals surface area contributed by atoms with Gasteiger partial charge < -0.3 is 5.11 Å². The van der Waals surface area contributed by atoms with Crippen molar-refractivity contribution < 1.29 is 22.7 Å². The molecule has 0 amide bonds. The monoisotopic (exact) mass is 381 g/mol. The van der Waals surface area contributed by atoms with Gasteiger partial charge in [0.25, 0.3) is 0 Å². The summed E-state index contributed by atoms with van der Waals surface area (Å²) in [7, 11) is -4.13. The fourth-order valence-electron chi connectivity index (χ4n) is 1.82. The van der Waals surface area contributed by atoms with Crippen LogP contribution < -0.4 is 0 Å². The van der Waals surface area contributed by atoms with Crippen LogP contribution >= 0.6 is 15.9 Å². The van der Waals surface area contributed by atoms with Gasteiger partial charge in [-0.1, -0.05) is 15.9 Å². The topological polar surface area (TPSA) is 74.7 Å². The Morgan fingerprint density at radius 2 is 1.95 bits per heavy atom. The predicted molar refractivity (Wildman–Crippen MR) is 80.0 cm³/mol. The first-order chi connectivity index (χ1) is 9.46. The number of hydrogen-bond acceptors (Lipinski definition) is 3. The third-order valence-electron chi connectivity index (χ3n) is 2.74. The van der Waals surface area contributed by atoms with E-state index in [2.05, 4.69) is 15.9 Å². The van der Waals surface area contributed by atoms with E-state index < -0.39 is 32.2 Å². The molecule has 8 heteroatoms. The number of halogens is 2. The van der Waals surface area contributed by atoms with E-state index in [4.69, 9.17) is 5.11 Å². The average Bonchev–Trinajstić information content (AvgIpc) is 2.25. The van der Waals surface area contributed by atoms with E-state index in [1.165, 1.54) is 6.07 Å². The molecule has 1 rings (SSSR count). The molecule has 0 bridgehead atoms. The fourth-order valence-corrected chi connectivity index (χ4v) is 3.99. The average molecular weight is 382 g/mol. The normalized spacial score (nSPS) is 12.7. The summed E-state index contributed by atoms with van der Waals surface area (Å²) in [5.41, 5.74) is -0.867. The van der Waals surface area contributed by atoms with Crippen molar-refractivity contribution in [2.75, 3.05) is 6.54 Å². The maximum Gasteiger partial charge on any atom is 0.304 e. The Labute approximate surface area is 131 Å². The first kappa shape index (κ1) is 18.1. The van der Waals surface area contributed by atoms with Crippen molar-refractivity contribution in [2.24, 2.45) is 0 Å². The van der Waals surface area contributed by atoms with E-state index in [1.54, 1.807) is 20.8 Å². The minimum absolute atomic E-state index is 0.226. The molecule has 0 aliphatic rings. The molecular weight excluding hydrogens is 365 g/mol. The highest BCUT2D eigenvalue weighted by molar-refractivity contribution is 9.10. The van der Waals surface area contributed by atoms with Crippen LogP contribution in [0.2, 0.25) is 0 Å². The lowest BCUT2D eigenvalue weighted by Crippen LogP contribution is -2.46. The molecule has 0 unspecified atom stereocenters. The lowest BCUT2D eigenvalue weighted by molar-refractivity contribution is -0.137. The summed E-state index contributed by atoms with van der Waals surface area (Å²) < 4.78 is 40.6. The molecule has 0 aromatic heterocycles. The highest BCUT2D eigenvalue weighted by atomic mass is 79.9. The molecule has 5 nitrogen and oxygen atoms in total. The van der Waals surface area contributed by atoms with Gasteiger partial charge in [0.05, 0.1) is 6.42 Å². The molecular formula is C13H17BrFNO4S. The van der Waals surface area contributed by atoms with E-state index in [0.717, 1.165) is 16.4 Å². The maximum atomic E-state index is 13.9. The van der Waals surface area contributed by atoms with Crippen molar-refractivity contribution in [1.29, 1.82) is 0 Å². The van der Waals surface area contributed by atoms with Crippen LogP contribution in [0.3, 0.4) is 0 Å². The van der Waals surface area contributed by atoms with Crippen molar-refractivity contribution >= 4 is 31.9 Å².